The number of amides is 1. The van der Waals surface area contributed by atoms with Gasteiger partial charge in [0.15, 0.2) is 0 Å². The molecule has 1 atom stereocenters. The molecule has 1 aliphatic rings. The number of carbonyl (C=O) groups excluding carboxylic acids is 1. The Balaban J connectivity index is 1.79. The molecule has 1 amide bonds. The van der Waals surface area contributed by atoms with Crippen molar-refractivity contribution in [1.82, 2.24) is 4.98 Å². The van der Waals surface area contributed by atoms with Crippen LogP contribution in [0.25, 0.3) is 0 Å². The van der Waals surface area contributed by atoms with E-state index in [-0.39, 0.29) is 5.91 Å². The van der Waals surface area contributed by atoms with Gasteiger partial charge in [0.05, 0.1) is 22.8 Å². The number of pyridine rings is 1. The van der Waals surface area contributed by atoms with Gasteiger partial charge in [-0.25, -0.2) is 0 Å². The molecule has 1 aliphatic heterocycles. The highest BCUT2D eigenvalue weighted by molar-refractivity contribution is 6.62. The normalized spacial score (nSPS) is 19.3. The number of carbonyl (C=O) groups is 1. The lowest BCUT2D eigenvalue weighted by Gasteiger charge is -2.32. The van der Waals surface area contributed by atoms with E-state index >= 15 is 0 Å². The summed E-state index contributed by atoms with van der Waals surface area (Å²) < 4.78 is 12.1. The van der Waals surface area contributed by atoms with E-state index in [0.717, 1.165) is 11.0 Å². The number of nitrogens with zero attached hydrogens (tertiary/aromatic N) is 1. The zero-order valence-electron chi connectivity index (χ0n) is 15.7. The van der Waals surface area contributed by atoms with E-state index in [1.807, 2.05) is 70.2 Å². The van der Waals surface area contributed by atoms with Crippen molar-refractivity contribution in [1.29, 1.82) is 0 Å². The summed E-state index contributed by atoms with van der Waals surface area (Å²) in [7, 11) is -0.470. The molecule has 0 saturated carbocycles. The van der Waals surface area contributed by atoms with Gasteiger partial charge in [-0.15, -0.1) is 0 Å². The number of primary amides is 1. The maximum Gasteiger partial charge on any atom is 0.496 e. The summed E-state index contributed by atoms with van der Waals surface area (Å²) in [5.41, 5.74) is 7.35. The summed E-state index contributed by atoms with van der Waals surface area (Å²) in [4.78, 5) is 16.4. The van der Waals surface area contributed by atoms with Crippen molar-refractivity contribution in [2.24, 2.45) is 5.73 Å². The molecule has 2 heterocycles. The Kier molecular flexibility index (Phi) is 4.91. The van der Waals surface area contributed by atoms with Gasteiger partial charge in [-0.1, -0.05) is 36.4 Å². The average Bonchev–Trinajstić information content (AvgIpc) is 2.81. The standard InChI is InChI=1S/C20H25BN2O3/c1-19(2)20(3,4)26-21(25-19)15-10-11-17(23-13-15)16(18(22)24)12-14-8-6-5-7-9-14/h5-11,13,16H,12H2,1-4H3,(H2,22,24). The first kappa shape index (κ1) is 18.6. The van der Waals surface area contributed by atoms with Crippen molar-refractivity contribution >= 4 is 18.5 Å². The third kappa shape index (κ3) is 3.66. The molecule has 0 aliphatic carbocycles. The molecule has 1 fully saturated rings. The predicted octanol–water partition coefficient (Wildman–Crippen LogP) is 2.19. The van der Waals surface area contributed by atoms with Gasteiger partial charge in [-0.05, 0) is 45.7 Å². The fourth-order valence-corrected chi connectivity index (χ4v) is 2.94. The van der Waals surface area contributed by atoms with Crippen LogP contribution in [-0.4, -0.2) is 29.2 Å². The minimum absolute atomic E-state index is 0.385. The molecule has 2 aromatic rings. The Bertz CT molecular complexity index is 759. The molecule has 1 aromatic carbocycles. The molecule has 3 rings (SSSR count). The van der Waals surface area contributed by atoms with Crippen LogP contribution in [0.4, 0.5) is 0 Å². The van der Waals surface area contributed by atoms with Crippen LogP contribution in [0, 0.1) is 0 Å². The van der Waals surface area contributed by atoms with Crippen molar-refractivity contribution in [3.05, 3.63) is 59.9 Å². The minimum atomic E-state index is -0.470. The summed E-state index contributed by atoms with van der Waals surface area (Å²) in [6.45, 7) is 8.05. The number of rotatable bonds is 5. The highest BCUT2D eigenvalue weighted by Crippen LogP contribution is 2.36. The van der Waals surface area contributed by atoms with Gasteiger partial charge in [0.25, 0.3) is 0 Å². The number of benzene rings is 1. The lowest BCUT2D eigenvalue weighted by Crippen LogP contribution is -2.41. The first-order valence-electron chi connectivity index (χ1n) is 8.84. The smallest absolute Gasteiger partial charge is 0.399 e. The highest BCUT2D eigenvalue weighted by Gasteiger charge is 2.51. The molecule has 0 bridgehead atoms. The molecule has 6 heteroatoms. The van der Waals surface area contributed by atoms with Crippen molar-refractivity contribution in [2.75, 3.05) is 0 Å². The zero-order chi connectivity index (χ0) is 18.9. The minimum Gasteiger partial charge on any atom is -0.399 e. The van der Waals surface area contributed by atoms with Gasteiger partial charge in [0, 0.05) is 11.7 Å². The fourth-order valence-electron chi connectivity index (χ4n) is 2.94. The van der Waals surface area contributed by atoms with Crippen LogP contribution in [0.5, 0.6) is 0 Å². The molecule has 0 radical (unpaired) electrons. The summed E-state index contributed by atoms with van der Waals surface area (Å²) in [5.74, 6) is -0.852. The van der Waals surface area contributed by atoms with Crippen molar-refractivity contribution in [3.8, 4) is 0 Å². The predicted molar refractivity (Wildman–Crippen MR) is 102 cm³/mol. The second-order valence-corrected chi connectivity index (χ2v) is 7.75. The summed E-state index contributed by atoms with van der Waals surface area (Å²) in [5, 5.41) is 0. The average molecular weight is 352 g/mol. The number of hydrogen-bond donors (Lipinski definition) is 1. The lowest BCUT2D eigenvalue weighted by atomic mass is 9.80. The highest BCUT2D eigenvalue weighted by atomic mass is 16.7. The van der Waals surface area contributed by atoms with E-state index in [9.17, 15) is 4.79 Å². The van der Waals surface area contributed by atoms with E-state index in [0.29, 0.717) is 12.1 Å². The van der Waals surface area contributed by atoms with Gasteiger partial charge in [-0.2, -0.15) is 0 Å². The first-order chi connectivity index (χ1) is 12.2. The molecule has 0 spiro atoms. The van der Waals surface area contributed by atoms with Gasteiger partial charge >= 0.3 is 7.12 Å². The molecular formula is C20H25BN2O3. The number of nitrogens with two attached hydrogens (primary N) is 1. The molecule has 1 aromatic heterocycles. The second kappa shape index (κ2) is 6.85. The van der Waals surface area contributed by atoms with E-state index < -0.39 is 24.2 Å². The Labute approximate surface area is 155 Å². The van der Waals surface area contributed by atoms with Gasteiger partial charge in [-0.3, -0.25) is 9.78 Å². The van der Waals surface area contributed by atoms with Gasteiger partial charge in [0.2, 0.25) is 5.91 Å². The summed E-state index contributed by atoms with van der Waals surface area (Å²) in [6, 6.07) is 13.5. The Morgan fingerprint density at radius 3 is 2.19 bits per heavy atom. The van der Waals surface area contributed by atoms with Gasteiger partial charge < -0.3 is 15.0 Å². The molecule has 5 nitrogen and oxygen atoms in total. The third-order valence-electron chi connectivity index (χ3n) is 5.32. The molecule has 1 unspecified atom stereocenters. The van der Waals surface area contributed by atoms with Crippen LogP contribution in [0.2, 0.25) is 0 Å². The first-order valence-corrected chi connectivity index (χ1v) is 8.84. The van der Waals surface area contributed by atoms with Crippen molar-refractivity contribution in [3.63, 3.8) is 0 Å². The van der Waals surface area contributed by atoms with Crippen LogP contribution >= 0.6 is 0 Å². The monoisotopic (exact) mass is 352 g/mol. The van der Waals surface area contributed by atoms with E-state index in [1.165, 1.54) is 0 Å². The summed E-state index contributed by atoms with van der Waals surface area (Å²) in [6.07, 6.45) is 2.23. The van der Waals surface area contributed by atoms with Crippen LogP contribution in [0.15, 0.2) is 48.7 Å². The van der Waals surface area contributed by atoms with E-state index in [4.69, 9.17) is 15.0 Å². The lowest BCUT2D eigenvalue weighted by molar-refractivity contribution is -0.119. The Morgan fingerprint density at radius 2 is 1.69 bits per heavy atom. The maximum absolute atomic E-state index is 11.9. The van der Waals surface area contributed by atoms with Gasteiger partial charge in [0.1, 0.15) is 0 Å². The third-order valence-corrected chi connectivity index (χ3v) is 5.32. The zero-order valence-corrected chi connectivity index (χ0v) is 15.7. The van der Waals surface area contributed by atoms with Crippen molar-refractivity contribution in [2.45, 2.75) is 51.2 Å². The maximum atomic E-state index is 11.9. The Hall–Kier alpha value is -2.18. The second-order valence-electron chi connectivity index (χ2n) is 7.75. The summed E-state index contributed by atoms with van der Waals surface area (Å²) >= 11 is 0. The van der Waals surface area contributed by atoms with E-state index in [2.05, 4.69) is 4.98 Å². The van der Waals surface area contributed by atoms with Crippen LogP contribution in [-0.2, 0) is 20.5 Å². The fraction of sp³-hybridized carbons (Fsp3) is 0.400. The quantitative estimate of drug-likeness (QED) is 0.837. The van der Waals surface area contributed by atoms with Crippen LogP contribution < -0.4 is 11.2 Å². The molecule has 2 N–H and O–H groups in total. The van der Waals surface area contributed by atoms with Crippen molar-refractivity contribution < 1.29 is 14.1 Å². The molecule has 1 saturated heterocycles. The largest absolute Gasteiger partial charge is 0.496 e. The topological polar surface area (TPSA) is 74.4 Å². The van der Waals surface area contributed by atoms with Crippen LogP contribution in [0.1, 0.15) is 44.9 Å². The SMILES string of the molecule is CC1(C)OB(c2ccc(C(Cc3ccccc3)C(N)=O)nc2)OC1(C)C. The molecular weight excluding hydrogens is 327 g/mol. The molecule has 26 heavy (non-hydrogen) atoms. The molecule has 136 valence electrons. The van der Waals surface area contributed by atoms with E-state index in [1.54, 1.807) is 6.20 Å². The Morgan fingerprint density at radius 1 is 1.08 bits per heavy atom. The van der Waals surface area contributed by atoms with Crippen LogP contribution in [0.3, 0.4) is 0 Å². The number of aromatic nitrogens is 1. The number of hydrogen-bond acceptors (Lipinski definition) is 4.